The van der Waals surface area contributed by atoms with Crippen molar-refractivity contribution in [2.75, 3.05) is 10.7 Å². The van der Waals surface area contributed by atoms with Crippen LogP contribution in [0.2, 0.25) is 0 Å². The third-order valence-corrected chi connectivity index (χ3v) is 6.54. The summed E-state index contributed by atoms with van der Waals surface area (Å²) in [6.45, 7) is 6.38. The summed E-state index contributed by atoms with van der Waals surface area (Å²) in [4.78, 5) is 32.6. The van der Waals surface area contributed by atoms with Gasteiger partial charge in [-0.1, -0.05) is 36.9 Å². The molecule has 0 radical (unpaired) electrons. The number of carbonyl (C=O) groups excluding carboxylic acids is 1. The average molecular weight is 369 g/mol. The Hall–Kier alpha value is -2.08. The Morgan fingerprint density at radius 3 is 2.88 bits per heavy atom. The van der Waals surface area contributed by atoms with Gasteiger partial charge in [-0.05, 0) is 38.3 Å². The van der Waals surface area contributed by atoms with Crippen LogP contribution in [0.3, 0.4) is 0 Å². The molecule has 6 heteroatoms. The molecule has 0 spiro atoms. The largest absolute Gasteiger partial charge is 0.309 e. The zero-order valence-electron chi connectivity index (χ0n) is 15.4. The Kier molecular flexibility index (Phi) is 4.39. The fraction of sp³-hybridized carbons (Fsp3) is 0.450. The van der Waals surface area contributed by atoms with Gasteiger partial charge in [-0.2, -0.15) is 0 Å². The molecule has 26 heavy (non-hydrogen) atoms. The summed E-state index contributed by atoms with van der Waals surface area (Å²) in [5.41, 5.74) is 3.81. The predicted octanol–water partition coefficient (Wildman–Crippen LogP) is 2.81. The Balaban J connectivity index is 1.65. The van der Waals surface area contributed by atoms with Gasteiger partial charge in [0.05, 0.1) is 5.92 Å². The fourth-order valence-electron chi connectivity index (χ4n) is 4.05. The highest BCUT2D eigenvalue weighted by Gasteiger charge is 2.37. The molecule has 1 amide bonds. The topological polar surface area (TPSA) is 55.2 Å². The van der Waals surface area contributed by atoms with E-state index in [2.05, 4.69) is 18.0 Å². The molecule has 136 valence electrons. The van der Waals surface area contributed by atoms with Crippen LogP contribution in [0.1, 0.15) is 30.7 Å². The predicted molar refractivity (Wildman–Crippen MR) is 104 cm³/mol. The molecule has 3 heterocycles. The number of hydrogen-bond acceptors (Lipinski definition) is 4. The number of hydrogen-bond donors (Lipinski definition) is 0. The first-order chi connectivity index (χ1) is 12.5. The average Bonchev–Trinajstić information content (AvgIpc) is 2.97. The Morgan fingerprint density at radius 1 is 1.35 bits per heavy atom. The fourth-order valence-corrected chi connectivity index (χ4v) is 5.16. The SMILES string of the molecule is CCc1c(C)nc2n(c1=O)CC(C(=O)N1c3ccccc3CC1C)CS2. The standard InChI is InChI=1S/C20H23N3O2S/c1-4-16-13(3)21-20-22(19(16)25)10-15(11-26-20)18(24)23-12(2)9-14-7-5-6-8-17(14)23/h5-8,12,15H,4,9-11H2,1-3H3. The molecule has 1 aromatic carbocycles. The van der Waals surface area contributed by atoms with Gasteiger partial charge in [0.1, 0.15) is 0 Å². The van der Waals surface area contributed by atoms with Crippen molar-refractivity contribution in [2.24, 2.45) is 5.92 Å². The van der Waals surface area contributed by atoms with Gasteiger partial charge in [0.15, 0.2) is 5.16 Å². The zero-order valence-corrected chi connectivity index (χ0v) is 16.2. The van der Waals surface area contributed by atoms with Gasteiger partial charge in [0.25, 0.3) is 5.56 Å². The minimum Gasteiger partial charge on any atom is -0.309 e. The van der Waals surface area contributed by atoms with E-state index in [4.69, 9.17) is 0 Å². The lowest BCUT2D eigenvalue weighted by atomic mass is 10.1. The minimum absolute atomic E-state index is 0.00914. The Morgan fingerprint density at radius 2 is 2.12 bits per heavy atom. The van der Waals surface area contributed by atoms with E-state index in [1.54, 1.807) is 4.57 Å². The molecule has 0 fully saturated rings. The van der Waals surface area contributed by atoms with Gasteiger partial charge in [0, 0.05) is 35.3 Å². The Bertz CT molecular complexity index is 937. The zero-order chi connectivity index (χ0) is 18.4. The van der Waals surface area contributed by atoms with Crippen LogP contribution in [0.15, 0.2) is 34.2 Å². The summed E-state index contributed by atoms with van der Waals surface area (Å²) in [6.07, 6.45) is 1.55. The lowest BCUT2D eigenvalue weighted by Gasteiger charge is -2.31. The second-order valence-corrected chi connectivity index (χ2v) is 8.11. The van der Waals surface area contributed by atoms with Gasteiger partial charge in [0.2, 0.25) is 5.91 Å². The Labute approximate surface area is 157 Å². The third kappa shape index (κ3) is 2.67. The number of carbonyl (C=O) groups is 1. The van der Waals surface area contributed by atoms with Crippen molar-refractivity contribution in [2.45, 2.75) is 51.4 Å². The minimum atomic E-state index is -0.201. The molecule has 0 N–H and O–H groups in total. The van der Waals surface area contributed by atoms with Crippen LogP contribution in [0.5, 0.6) is 0 Å². The first-order valence-corrected chi connectivity index (χ1v) is 10.1. The van der Waals surface area contributed by atoms with E-state index in [0.29, 0.717) is 18.7 Å². The van der Waals surface area contributed by atoms with Crippen molar-refractivity contribution in [3.63, 3.8) is 0 Å². The monoisotopic (exact) mass is 369 g/mol. The van der Waals surface area contributed by atoms with E-state index in [0.717, 1.165) is 28.5 Å². The van der Waals surface area contributed by atoms with Gasteiger partial charge in [-0.25, -0.2) is 4.98 Å². The van der Waals surface area contributed by atoms with Crippen molar-refractivity contribution in [3.8, 4) is 0 Å². The van der Waals surface area contributed by atoms with E-state index in [1.165, 1.54) is 17.3 Å². The van der Waals surface area contributed by atoms with Crippen LogP contribution in [0.4, 0.5) is 5.69 Å². The number of benzene rings is 1. The molecule has 0 aliphatic carbocycles. The van der Waals surface area contributed by atoms with Gasteiger partial charge >= 0.3 is 0 Å². The first kappa shape index (κ1) is 17.3. The number of fused-ring (bicyclic) bond motifs is 2. The number of anilines is 1. The van der Waals surface area contributed by atoms with Crippen molar-refractivity contribution in [1.29, 1.82) is 0 Å². The number of thioether (sulfide) groups is 1. The number of amides is 1. The lowest BCUT2D eigenvalue weighted by Crippen LogP contribution is -2.45. The van der Waals surface area contributed by atoms with E-state index in [-0.39, 0.29) is 23.4 Å². The molecular formula is C20H23N3O2S. The summed E-state index contributed by atoms with van der Waals surface area (Å²) in [5, 5.41) is 0.739. The van der Waals surface area contributed by atoms with Crippen molar-refractivity contribution >= 4 is 23.4 Å². The van der Waals surface area contributed by atoms with Crippen molar-refractivity contribution in [3.05, 3.63) is 51.4 Å². The van der Waals surface area contributed by atoms with Crippen LogP contribution >= 0.6 is 11.8 Å². The summed E-state index contributed by atoms with van der Waals surface area (Å²) >= 11 is 1.52. The van der Waals surface area contributed by atoms with Gasteiger partial charge in [-0.3, -0.25) is 14.2 Å². The maximum absolute atomic E-state index is 13.3. The molecule has 0 saturated carbocycles. The second kappa shape index (κ2) is 6.58. The molecule has 5 nitrogen and oxygen atoms in total. The van der Waals surface area contributed by atoms with E-state index < -0.39 is 0 Å². The van der Waals surface area contributed by atoms with Crippen molar-refractivity contribution in [1.82, 2.24) is 9.55 Å². The molecule has 2 aliphatic rings. The highest BCUT2D eigenvalue weighted by molar-refractivity contribution is 7.99. The van der Waals surface area contributed by atoms with Crippen LogP contribution < -0.4 is 10.5 Å². The number of aromatic nitrogens is 2. The third-order valence-electron chi connectivity index (χ3n) is 5.40. The molecule has 0 saturated heterocycles. The van der Waals surface area contributed by atoms with Crippen LogP contribution in [0.25, 0.3) is 0 Å². The van der Waals surface area contributed by atoms with E-state index >= 15 is 0 Å². The van der Waals surface area contributed by atoms with Crippen LogP contribution in [-0.2, 0) is 24.2 Å². The quantitative estimate of drug-likeness (QED) is 0.764. The second-order valence-electron chi connectivity index (χ2n) is 7.13. The van der Waals surface area contributed by atoms with Crippen LogP contribution in [-0.4, -0.2) is 27.3 Å². The molecule has 2 aromatic rings. The highest BCUT2D eigenvalue weighted by Crippen LogP contribution is 2.35. The maximum atomic E-state index is 13.3. The summed E-state index contributed by atoms with van der Waals surface area (Å²) in [7, 11) is 0. The smallest absolute Gasteiger partial charge is 0.257 e. The molecule has 2 atom stereocenters. The molecule has 1 aromatic heterocycles. The number of rotatable bonds is 2. The molecule has 2 unspecified atom stereocenters. The molecular weight excluding hydrogens is 346 g/mol. The van der Waals surface area contributed by atoms with E-state index in [1.807, 2.05) is 36.9 Å². The van der Waals surface area contributed by atoms with Gasteiger partial charge < -0.3 is 4.90 Å². The molecule has 4 rings (SSSR count). The molecule has 0 bridgehead atoms. The normalized spacial score (nSPS) is 21.4. The van der Waals surface area contributed by atoms with Crippen molar-refractivity contribution < 1.29 is 4.79 Å². The highest BCUT2D eigenvalue weighted by atomic mass is 32.2. The first-order valence-electron chi connectivity index (χ1n) is 9.15. The maximum Gasteiger partial charge on any atom is 0.257 e. The van der Waals surface area contributed by atoms with Crippen LogP contribution in [0, 0.1) is 12.8 Å². The summed E-state index contributed by atoms with van der Waals surface area (Å²) in [5.74, 6) is 0.584. The lowest BCUT2D eigenvalue weighted by molar-refractivity contribution is -0.122. The number of para-hydroxylation sites is 1. The molecule has 2 aliphatic heterocycles. The summed E-state index contributed by atoms with van der Waals surface area (Å²) in [6, 6.07) is 8.27. The number of nitrogens with zero attached hydrogens (tertiary/aromatic N) is 3. The van der Waals surface area contributed by atoms with Gasteiger partial charge in [-0.15, -0.1) is 0 Å². The number of aryl methyl sites for hydroxylation is 1. The van der Waals surface area contributed by atoms with E-state index in [9.17, 15) is 9.59 Å². The summed E-state index contributed by atoms with van der Waals surface area (Å²) < 4.78 is 1.70.